The first-order valence-electron chi connectivity index (χ1n) is 12.4. The number of thiol groups is 1. The molecule has 0 bridgehead atoms. The van der Waals surface area contributed by atoms with Crippen molar-refractivity contribution in [3.05, 3.63) is 65.9 Å². The molecule has 0 radical (unpaired) electrons. The van der Waals surface area contributed by atoms with Gasteiger partial charge >= 0.3 is 11.9 Å². The highest BCUT2D eigenvalue weighted by Gasteiger charge is 2.26. The third kappa shape index (κ3) is 9.04. The Morgan fingerprint density at radius 3 is 2.33 bits per heavy atom. The smallest absolute Gasteiger partial charge is 0.321 e. The van der Waals surface area contributed by atoms with Crippen molar-refractivity contribution in [2.45, 2.75) is 43.8 Å². The molecule has 0 spiro atoms. The van der Waals surface area contributed by atoms with Crippen LogP contribution < -0.4 is 16.0 Å². The molecule has 12 heteroatoms. The Labute approximate surface area is 230 Å². The van der Waals surface area contributed by atoms with Crippen molar-refractivity contribution in [3.63, 3.8) is 0 Å². The maximum absolute atomic E-state index is 13.3. The number of hydrogen-bond donors (Lipinski definition) is 8. The van der Waals surface area contributed by atoms with Gasteiger partial charge in [-0.3, -0.25) is 19.2 Å². The Morgan fingerprint density at radius 2 is 1.67 bits per heavy atom. The van der Waals surface area contributed by atoms with E-state index in [9.17, 15) is 34.5 Å². The van der Waals surface area contributed by atoms with Crippen LogP contribution in [0.3, 0.4) is 0 Å². The van der Waals surface area contributed by atoms with Crippen LogP contribution in [0, 0.1) is 0 Å². The molecule has 0 fully saturated rings. The highest BCUT2D eigenvalue weighted by Crippen LogP contribution is 2.18. The second-order valence-electron chi connectivity index (χ2n) is 9.15. The van der Waals surface area contributed by atoms with E-state index in [1.165, 1.54) is 12.1 Å². The molecule has 3 rings (SSSR count). The number of carbonyl (C=O) groups is 4. The summed E-state index contributed by atoms with van der Waals surface area (Å²) in [5, 5.41) is 37.3. The van der Waals surface area contributed by atoms with Crippen LogP contribution in [0.1, 0.15) is 24.0 Å². The van der Waals surface area contributed by atoms with E-state index in [1.54, 1.807) is 18.3 Å². The lowest BCUT2D eigenvalue weighted by atomic mass is 10.0. The Kier molecular flexibility index (Phi) is 10.8. The van der Waals surface area contributed by atoms with Gasteiger partial charge in [-0.1, -0.05) is 30.3 Å². The second-order valence-corrected chi connectivity index (χ2v) is 9.51. The number of aromatic nitrogens is 1. The topological polar surface area (TPSA) is 181 Å². The fraction of sp³-hybridized carbons (Fsp3) is 0.333. The number of H-pyrrole nitrogens is 1. The normalized spacial score (nSPS) is 13.4. The largest absolute Gasteiger partial charge is 0.508 e. The number of para-hydroxylation sites is 1. The molecular formula is C27H32N4O7S. The lowest BCUT2D eigenvalue weighted by Crippen LogP contribution is -2.54. The maximum atomic E-state index is 13.3. The molecule has 1 aromatic heterocycles. The Bertz CT molecular complexity index is 1290. The molecule has 11 nitrogen and oxygen atoms in total. The molecule has 0 saturated carbocycles. The monoisotopic (exact) mass is 556 g/mol. The molecule has 3 atom stereocenters. The number of benzene rings is 2. The number of carboxylic acids is 2. The van der Waals surface area contributed by atoms with Crippen molar-refractivity contribution in [3.8, 4) is 5.75 Å². The van der Waals surface area contributed by atoms with E-state index in [2.05, 4.69) is 33.6 Å². The standard InChI is InChI=1S/C27H32N4O7S/c32-19-7-5-16(6-8-19)11-18(14-29-23(15-39)27(37)38)30-26(36)22(9-10-25(34)35)31-24(33)12-17-13-28-21-4-2-1-3-20(17)21/h1-8,13,18,22-23,28-29,32,39H,9-12,14-15H2,(H,30,36)(H,31,33)(H,34,35)(H,37,38)/t18-,22-,23-/m0/s1. The second kappa shape index (κ2) is 14.2. The zero-order chi connectivity index (χ0) is 28.4. The minimum atomic E-state index is -1.12. The molecule has 0 aliphatic carbocycles. The summed E-state index contributed by atoms with van der Waals surface area (Å²) in [4.78, 5) is 51.9. The van der Waals surface area contributed by atoms with Crippen molar-refractivity contribution in [1.29, 1.82) is 0 Å². The van der Waals surface area contributed by atoms with E-state index < -0.39 is 41.9 Å². The average molecular weight is 557 g/mol. The molecule has 0 aliphatic heterocycles. The number of hydrogen-bond acceptors (Lipinski definition) is 7. The van der Waals surface area contributed by atoms with Crippen LogP contribution in [-0.2, 0) is 32.0 Å². The summed E-state index contributed by atoms with van der Waals surface area (Å²) >= 11 is 4.05. The fourth-order valence-electron chi connectivity index (χ4n) is 4.14. The molecular weight excluding hydrogens is 524 g/mol. The molecule has 3 aromatic rings. The van der Waals surface area contributed by atoms with Gasteiger partial charge in [0.25, 0.3) is 0 Å². The predicted molar refractivity (Wildman–Crippen MR) is 148 cm³/mol. The number of fused-ring (bicyclic) bond motifs is 1. The summed E-state index contributed by atoms with van der Waals surface area (Å²) in [6, 6.07) is 11.1. The summed E-state index contributed by atoms with van der Waals surface area (Å²) in [7, 11) is 0. The number of aliphatic carboxylic acids is 2. The van der Waals surface area contributed by atoms with Crippen molar-refractivity contribution < 1.29 is 34.5 Å². The quantitative estimate of drug-likeness (QED) is 0.130. The van der Waals surface area contributed by atoms with Gasteiger partial charge in [-0.2, -0.15) is 12.6 Å². The third-order valence-corrected chi connectivity index (χ3v) is 6.55. The van der Waals surface area contributed by atoms with Gasteiger partial charge in [0, 0.05) is 41.9 Å². The molecule has 7 N–H and O–H groups in total. The van der Waals surface area contributed by atoms with Gasteiger partial charge in [0.05, 0.1) is 6.42 Å². The van der Waals surface area contributed by atoms with Crippen LogP contribution in [0.25, 0.3) is 10.9 Å². The van der Waals surface area contributed by atoms with E-state index in [4.69, 9.17) is 0 Å². The van der Waals surface area contributed by atoms with Gasteiger partial charge in [-0.05, 0) is 42.2 Å². The Balaban J connectivity index is 1.73. The molecule has 0 aliphatic rings. The minimum Gasteiger partial charge on any atom is -0.508 e. The van der Waals surface area contributed by atoms with Gasteiger partial charge in [0.2, 0.25) is 11.8 Å². The number of nitrogens with one attached hydrogen (secondary N) is 4. The van der Waals surface area contributed by atoms with E-state index in [0.717, 1.165) is 22.0 Å². The fourth-order valence-corrected chi connectivity index (χ4v) is 4.43. The van der Waals surface area contributed by atoms with E-state index in [1.807, 2.05) is 24.3 Å². The highest BCUT2D eigenvalue weighted by atomic mass is 32.1. The molecule has 0 unspecified atom stereocenters. The van der Waals surface area contributed by atoms with Crippen LogP contribution in [-0.4, -0.2) is 74.5 Å². The molecule has 0 saturated heterocycles. The lowest BCUT2D eigenvalue weighted by molar-refractivity contribution is -0.139. The predicted octanol–water partition coefficient (Wildman–Crippen LogP) is 1.47. The Morgan fingerprint density at radius 1 is 0.949 bits per heavy atom. The molecule has 2 aromatic carbocycles. The Hall–Kier alpha value is -4.03. The van der Waals surface area contributed by atoms with Gasteiger partial charge in [0.15, 0.2) is 0 Å². The van der Waals surface area contributed by atoms with Gasteiger partial charge in [0.1, 0.15) is 17.8 Å². The van der Waals surface area contributed by atoms with Crippen LogP contribution in [0.4, 0.5) is 0 Å². The number of phenolic OH excluding ortho intramolecular Hbond substituents is 1. The summed E-state index contributed by atoms with van der Waals surface area (Å²) < 4.78 is 0. The molecule has 1 heterocycles. The molecule has 2 amide bonds. The SMILES string of the molecule is O=C(O)CC[C@H](NC(=O)Cc1c[nH]c2ccccc12)C(=O)N[C@H](CN[C@@H](CS)C(=O)O)Cc1ccc(O)cc1. The number of carbonyl (C=O) groups excluding carboxylic acids is 2. The van der Waals surface area contributed by atoms with E-state index >= 15 is 0 Å². The number of aromatic amines is 1. The first-order chi connectivity index (χ1) is 18.7. The maximum Gasteiger partial charge on any atom is 0.321 e. The van der Waals surface area contributed by atoms with Crippen LogP contribution in [0.15, 0.2) is 54.7 Å². The van der Waals surface area contributed by atoms with Crippen LogP contribution >= 0.6 is 12.6 Å². The zero-order valence-electron chi connectivity index (χ0n) is 21.1. The van der Waals surface area contributed by atoms with E-state index in [0.29, 0.717) is 0 Å². The number of carboxylic acid groups (broad SMARTS) is 2. The van der Waals surface area contributed by atoms with Crippen molar-refractivity contribution in [2.24, 2.45) is 0 Å². The van der Waals surface area contributed by atoms with Crippen LogP contribution in [0.5, 0.6) is 5.75 Å². The summed E-state index contributed by atoms with van der Waals surface area (Å²) in [5.74, 6) is -3.14. The summed E-state index contributed by atoms with van der Waals surface area (Å²) in [6.45, 7) is 0.0685. The van der Waals surface area contributed by atoms with Gasteiger partial charge in [-0.15, -0.1) is 0 Å². The third-order valence-electron chi connectivity index (χ3n) is 6.18. The minimum absolute atomic E-state index is 0.0123. The number of rotatable bonds is 15. The van der Waals surface area contributed by atoms with E-state index in [-0.39, 0.29) is 43.7 Å². The summed E-state index contributed by atoms with van der Waals surface area (Å²) in [5.41, 5.74) is 2.37. The highest BCUT2D eigenvalue weighted by molar-refractivity contribution is 7.80. The van der Waals surface area contributed by atoms with Crippen molar-refractivity contribution in [2.75, 3.05) is 12.3 Å². The van der Waals surface area contributed by atoms with Gasteiger partial charge < -0.3 is 36.3 Å². The number of phenols is 1. The average Bonchev–Trinajstić information content (AvgIpc) is 3.30. The summed E-state index contributed by atoms with van der Waals surface area (Å²) in [6.07, 6.45) is 1.52. The molecule has 39 heavy (non-hydrogen) atoms. The molecule has 208 valence electrons. The van der Waals surface area contributed by atoms with Crippen LogP contribution in [0.2, 0.25) is 0 Å². The number of aromatic hydroxyl groups is 1. The van der Waals surface area contributed by atoms with Crippen molar-refractivity contribution in [1.82, 2.24) is 20.9 Å². The zero-order valence-corrected chi connectivity index (χ0v) is 22.0. The van der Waals surface area contributed by atoms with Crippen molar-refractivity contribution >= 4 is 47.3 Å². The lowest BCUT2D eigenvalue weighted by Gasteiger charge is -2.25. The van der Waals surface area contributed by atoms with Gasteiger partial charge in [-0.25, -0.2) is 0 Å². The first kappa shape index (κ1) is 29.5. The number of amides is 2. The first-order valence-corrected chi connectivity index (χ1v) is 13.0.